The molecule has 1 N–H and O–H groups in total. The number of hydrogen-bond acceptors (Lipinski definition) is 7. The number of carbonyl (C=O) groups is 2. The average Bonchev–Trinajstić information content (AvgIpc) is 3.85. The lowest BCUT2D eigenvalue weighted by Crippen LogP contribution is -2.49. The van der Waals surface area contributed by atoms with Gasteiger partial charge in [-0.1, -0.05) is 41.6 Å². The van der Waals surface area contributed by atoms with Gasteiger partial charge in [-0.15, -0.1) is 18.3 Å². The Bertz CT molecular complexity index is 2120. The summed E-state index contributed by atoms with van der Waals surface area (Å²) >= 11 is 0. The summed E-state index contributed by atoms with van der Waals surface area (Å²) in [6.07, 6.45) is 1.08. The van der Waals surface area contributed by atoms with Crippen molar-refractivity contribution >= 4 is 34.0 Å². The molecule has 1 saturated heterocycles. The molecule has 2 aliphatic heterocycles. The quantitative estimate of drug-likeness (QED) is 0.183. The molecule has 4 heterocycles. The summed E-state index contributed by atoms with van der Waals surface area (Å²) in [6.45, 7) is 2.04. The highest BCUT2D eigenvalue weighted by Crippen LogP contribution is 2.40. The first-order valence-electron chi connectivity index (χ1n) is 16.8. The number of fused-ring (bicyclic) bond motifs is 1. The third kappa shape index (κ3) is 7.16. The molecule has 0 spiro atoms. The molecule has 3 aromatic carbocycles. The smallest absolute Gasteiger partial charge is 0.496 e. The highest BCUT2D eigenvalue weighted by atomic mass is 19.4. The lowest BCUT2D eigenvalue weighted by atomic mass is 9.93. The second-order valence-electron chi connectivity index (χ2n) is 12.5. The van der Waals surface area contributed by atoms with Gasteiger partial charge in [0.2, 0.25) is 5.91 Å². The number of nitrogens with zero attached hydrogens (tertiary/aromatic N) is 6. The molecular formula is C37H35F4N7O4. The van der Waals surface area contributed by atoms with Crippen LogP contribution < -0.4 is 14.4 Å². The number of nitrogens with one attached hydrogen (secondary N) is 1. The molecule has 2 aliphatic rings. The molecule has 270 valence electrons. The van der Waals surface area contributed by atoms with Crippen LogP contribution in [0.15, 0.2) is 79.1 Å². The third-order valence-electron chi connectivity index (χ3n) is 9.35. The number of rotatable bonds is 9. The number of methoxy groups -OCH3 is 1. The minimum absolute atomic E-state index is 0.0863. The number of para-hydroxylation sites is 3. The Hall–Kier alpha value is -5.86. The Morgan fingerprint density at radius 1 is 0.904 bits per heavy atom. The molecule has 1 fully saturated rings. The van der Waals surface area contributed by atoms with Crippen LogP contribution in [0.4, 0.5) is 23.2 Å². The van der Waals surface area contributed by atoms with Gasteiger partial charge in [0.1, 0.15) is 11.4 Å². The number of aromatic amines is 1. The van der Waals surface area contributed by atoms with Crippen molar-refractivity contribution < 1.29 is 36.6 Å². The molecule has 11 nitrogen and oxygen atoms in total. The predicted molar refractivity (Wildman–Crippen MR) is 185 cm³/mol. The highest BCUT2D eigenvalue weighted by Gasteiger charge is 2.34. The van der Waals surface area contributed by atoms with Crippen molar-refractivity contribution in [3.8, 4) is 22.6 Å². The Kier molecular flexibility index (Phi) is 9.58. The maximum Gasteiger partial charge on any atom is 0.573 e. The number of halogens is 4. The maximum atomic E-state index is 16.7. The van der Waals surface area contributed by atoms with Crippen molar-refractivity contribution in [3.63, 3.8) is 0 Å². The van der Waals surface area contributed by atoms with E-state index in [1.54, 1.807) is 69.2 Å². The zero-order chi connectivity index (χ0) is 36.4. The number of H-pyrrole nitrogens is 1. The van der Waals surface area contributed by atoms with E-state index in [0.29, 0.717) is 52.9 Å². The molecule has 0 aliphatic carbocycles. The van der Waals surface area contributed by atoms with Gasteiger partial charge in [0, 0.05) is 68.4 Å². The van der Waals surface area contributed by atoms with Crippen LogP contribution in [0.25, 0.3) is 27.6 Å². The van der Waals surface area contributed by atoms with Gasteiger partial charge in [-0.25, -0.2) is 4.39 Å². The number of aromatic nitrogens is 4. The summed E-state index contributed by atoms with van der Waals surface area (Å²) in [6, 6.07) is 16.6. The molecule has 0 unspecified atom stereocenters. The Morgan fingerprint density at radius 3 is 2.38 bits per heavy atom. The van der Waals surface area contributed by atoms with Crippen molar-refractivity contribution in [1.29, 1.82) is 0 Å². The number of carbonyl (C=O) groups excluding carboxylic acids is 2. The second kappa shape index (κ2) is 14.4. The van der Waals surface area contributed by atoms with Gasteiger partial charge in [-0.05, 0) is 47.9 Å². The monoisotopic (exact) mass is 717 g/mol. The molecule has 7 rings (SSSR count). The van der Waals surface area contributed by atoms with Gasteiger partial charge in [0.15, 0.2) is 11.6 Å². The fourth-order valence-corrected chi connectivity index (χ4v) is 6.82. The minimum atomic E-state index is -4.84. The number of alkyl halides is 3. The van der Waals surface area contributed by atoms with Crippen molar-refractivity contribution in [3.05, 3.63) is 96.2 Å². The van der Waals surface area contributed by atoms with Crippen molar-refractivity contribution in [2.45, 2.75) is 25.7 Å². The lowest BCUT2D eigenvalue weighted by molar-refractivity contribution is -0.274. The molecule has 0 atom stereocenters. The van der Waals surface area contributed by atoms with E-state index in [1.165, 1.54) is 12.1 Å². The van der Waals surface area contributed by atoms with Crippen molar-refractivity contribution in [1.82, 2.24) is 29.8 Å². The normalized spacial score (nSPS) is 15.2. The highest BCUT2D eigenvalue weighted by molar-refractivity contribution is 6.05. The molecule has 2 amide bonds. The number of benzene rings is 3. The van der Waals surface area contributed by atoms with Crippen LogP contribution in [0.2, 0.25) is 0 Å². The number of amides is 2. The van der Waals surface area contributed by atoms with Crippen molar-refractivity contribution in [2.24, 2.45) is 0 Å². The number of hydrogen-bond donors (Lipinski definition) is 1. The molecule has 15 heteroatoms. The number of anilines is 1. The SMILES string of the molecule is COc1ccccc1-c1cc(C2=CCCN(C(=O)CCn3ccnn3)C2)c(F)c2[nH]c(C(=O)N3CCN(c4ccccc4OC(F)(F)F)CC3)cc12. The first-order chi connectivity index (χ1) is 25.1. The molecule has 52 heavy (non-hydrogen) atoms. The molecular weight excluding hydrogens is 682 g/mol. The van der Waals surface area contributed by atoms with Gasteiger partial charge in [0.25, 0.3) is 5.91 Å². The van der Waals surface area contributed by atoms with Gasteiger partial charge in [-0.3, -0.25) is 14.3 Å². The van der Waals surface area contributed by atoms with Crippen LogP contribution in [0.1, 0.15) is 28.9 Å². The van der Waals surface area contributed by atoms with Crippen molar-refractivity contribution in [2.75, 3.05) is 51.3 Å². The molecule has 0 radical (unpaired) electrons. The first-order valence-corrected chi connectivity index (χ1v) is 16.8. The summed E-state index contributed by atoms with van der Waals surface area (Å²) in [5.41, 5.74) is 2.86. The Labute approximate surface area is 296 Å². The molecule has 2 aromatic heterocycles. The van der Waals surface area contributed by atoms with E-state index in [4.69, 9.17) is 4.74 Å². The van der Waals surface area contributed by atoms with Crippen LogP contribution in [0, 0.1) is 5.82 Å². The summed E-state index contributed by atoms with van der Waals surface area (Å²) in [5.74, 6) is -0.765. The summed E-state index contributed by atoms with van der Waals surface area (Å²) < 4.78 is 67.3. The van der Waals surface area contributed by atoms with Crippen LogP contribution in [0.3, 0.4) is 0 Å². The standard InChI is InChI=1S/C37H35F4N7O4/c1-51-31-10-4-2-8-25(31)27-21-26(24-7-6-14-47(23-24)33(49)12-15-48-16-13-42-44-48)34(38)35-28(27)22-29(43-35)36(50)46-19-17-45(18-20-46)30-9-3-5-11-32(30)52-37(39,40)41/h2-5,7-11,13,16,21-22,43H,6,12,14-15,17-20,23H2,1H3. The number of ether oxygens (including phenoxy) is 2. The van der Waals surface area contributed by atoms with Crippen LogP contribution in [-0.2, 0) is 11.3 Å². The Balaban J connectivity index is 1.17. The van der Waals surface area contributed by atoms with E-state index in [9.17, 15) is 22.8 Å². The van der Waals surface area contributed by atoms with Crippen LogP contribution in [0.5, 0.6) is 11.5 Å². The molecule has 0 bridgehead atoms. The van der Waals surface area contributed by atoms with E-state index in [1.807, 2.05) is 24.3 Å². The van der Waals surface area contributed by atoms with E-state index in [0.717, 1.165) is 0 Å². The van der Waals surface area contributed by atoms with Gasteiger partial charge < -0.3 is 29.2 Å². The van der Waals surface area contributed by atoms with Gasteiger partial charge in [0.05, 0.1) is 31.1 Å². The number of aryl methyl sites for hydroxylation is 1. The van der Waals surface area contributed by atoms with E-state index in [2.05, 4.69) is 20.0 Å². The summed E-state index contributed by atoms with van der Waals surface area (Å²) in [7, 11) is 1.55. The molecule has 5 aromatic rings. The topological polar surface area (TPSA) is 109 Å². The van der Waals surface area contributed by atoms with E-state index < -0.39 is 12.2 Å². The van der Waals surface area contributed by atoms with Gasteiger partial charge >= 0.3 is 6.36 Å². The average molecular weight is 718 g/mol. The van der Waals surface area contributed by atoms with E-state index in [-0.39, 0.29) is 73.6 Å². The zero-order valence-electron chi connectivity index (χ0n) is 28.2. The van der Waals surface area contributed by atoms with E-state index >= 15 is 4.39 Å². The first kappa shape index (κ1) is 34.6. The Morgan fingerprint density at radius 2 is 1.65 bits per heavy atom. The summed E-state index contributed by atoms with van der Waals surface area (Å²) in [4.78, 5) is 35.1. The largest absolute Gasteiger partial charge is 0.573 e. The lowest BCUT2D eigenvalue weighted by Gasteiger charge is -2.36. The second-order valence-corrected chi connectivity index (χ2v) is 12.5. The fourth-order valence-electron chi connectivity index (χ4n) is 6.82. The third-order valence-corrected chi connectivity index (χ3v) is 9.35. The predicted octanol–water partition coefficient (Wildman–Crippen LogP) is 6.14. The maximum absolute atomic E-state index is 16.7. The van der Waals surface area contributed by atoms with Crippen LogP contribution in [-0.4, -0.2) is 94.3 Å². The summed E-state index contributed by atoms with van der Waals surface area (Å²) in [5, 5.41) is 8.17. The fraction of sp³-hybridized carbons (Fsp3) is 0.297. The number of piperazine rings is 1. The van der Waals surface area contributed by atoms with Gasteiger partial charge in [-0.2, -0.15) is 0 Å². The van der Waals surface area contributed by atoms with Crippen LogP contribution >= 0.6 is 0 Å². The minimum Gasteiger partial charge on any atom is -0.496 e. The molecule has 0 saturated carbocycles. The zero-order valence-corrected chi connectivity index (χ0v) is 28.2.